The zero-order valence-electron chi connectivity index (χ0n) is 11.2. The van der Waals surface area contributed by atoms with Gasteiger partial charge in [0.1, 0.15) is 0 Å². The van der Waals surface area contributed by atoms with Crippen LogP contribution in [0.2, 0.25) is 0 Å². The molecule has 17 heavy (non-hydrogen) atoms. The lowest BCUT2D eigenvalue weighted by atomic mass is 10.0. The third kappa shape index (κ3) is 4.16. The van der Waals surface area contributed by atoms with Gasteiger partial charge in [-0.15, -0.1) is 0 Å². The summed E-state index contributed by atoms with van der Waals surface area (Å²) in [6.07, 6.45) is 8.05. The Labute approximate surface area is 106 Å². The van der Waals surface area contributed by atoms with Gasteiger partial charge in [0, 0.05) is 12.1 Å². The van der Waals surface area contributed by atoms with E-state index in [2.05, 4.69) is 43.4 Å². The normalized spacial score (nSPS) is 18.5. The zero-order chi connectivity index (χ0) is 12.1. The van der Waals surface area contributed by atoms with Crippen LogP contribution in [0.3, 0.4) is 0 Å². The first-order valence-electron chi connectivity index (χ1n) is 7.05. The Morgan fingerprint density at radius 1 is 1.29 bits per heavy atom. The Hall–Kier alpha value is -0.820. The molecule has 1 saturated carbocycles. The Bertz CT molecular complexity index is 339. The first-order chi connectivity index (χ1) is 8.24. The van der Waals surface area contributed by atoms with Gasteiger partial charge in [-0.05, 0) is 45.1 Å². The fourth-order valence-electron chi connectivity index (χ4n) is 2.83. The third-order valence-electron chi connectivity index (χ3n) is 3.82. The summed E-state index contributed by atoms with van der Waals surface area (Å²) in [5.41, 5.74) is 2.85. The van der Waals surface area contributed by atoms with Crippen LogP contribution >= 0.6 is 0 Å². The molecule has 1 aliphatic carbocycles. The minimum Gasteiger partial charge on any atom is -0.311 e. The average Bonchev–Trinajstić information content (AvgIpc) is 2.79. The van der Waals surface area contributed by atoms with E-state index < -0.39 is 0 Å². The smallest absolute Gasteiger partial charge is 0.00695 e. The highest BCUT2D eigenvalue weighted by Gasteiger charge is 2.16. The summed E-state index contributed by atoms with van der Waals surface area (Å²) in [6, 6.07) is 10.3. The van der Waals surface area contributed by atoms with Crippen molar-refractivity contribution in [2.75, 3.05) is 0 Å². The lowest BCUT2D eigenvalue weighted by molar-refractivity contribution is 0.432. The molecule has 0 heterocycles. The van der Waals surface area contributed by atoms with Crippen molar-refractivity contribution in [3.8, 4) is 0 Å². The van der Waals surface area contributed by atoms with Crippen LogP contribution in [0.4, 0.5) is 0 Å². The standard InChI is InChI=1S/C16H25N/c1-13-6-5-7-15(12-13)11-10-14(2)17-16-8-3-4-9-16/h5-7,12,14,16-17H,3-4,8-11H2,1-2H3. The molecule has 0 radical (unpaired) electrons. The van der Waals surface area contributed by atoms with E-state index >= 15 is 0 Å². The molecule has 0 saturated heterocycles. The minimum atomic E-state index is 0.651. The van der Waals surface area contributed by atoms with Gasteiger partial charge in [-0.25, -0.2) is 0 Å². The summed E-state index contributed by atoms with van der Waals surface area (Å²) >= 11 is 0. The summed E-state index contributed by atoms with van der Waals surface area (Å²) in [5, 5.41) is 3.76. The fraction of sp³-hybridized carbons (Fsp3) is 0.625. The van der Waals surface area contributed by atoms with E-state index in [-0.39, 0.29) is 0 Å². The van der Waals surface area contributed by atoms with Crippen molar-refractivity contribution in [3.63, 3.8) is 0 Å². The molecule has 0 amide bonds. The highest BCUT2D eigenvalue weighted by Crippen LogP contribution is 2.18. The summed E-state index contributed by atoms with van der Waals surface area (Å²) in [4.78, 5) is 0. The number of hydrogen-bond acceptors (Lipinski definition) is 1. The van der Waals surface area contributed by atoms with Crippen molar-refractivity contribution in [2.45, 2.75) is 64.5 Å². The molecule has 0 aliphatic heterocycles. The molecule has 1 heteroatoms. The van der Waals surface area contributed by atoms with E-state index in [1.165, 1.54) is 49.7 Å². The quantitative estimate of drug-likeness (QED) is 0.811. The molecule has 1 aliphatic rings. The maximum atomic E-state index is 3.76. The van der Waals surface area contributed by atoms with E-state index in [0.717, 1.165) is 6.04 Å². The van der Waals surface area contributed by atoms with Crippen LogP contribution in [0.25, 0.3) is 0 Å². The van der Waals surface area contributed by atoms with Crippen LogP contribution < -0.4 is 5.32 Å². The highest BCUT2D eigenvalue weighted by atomic mass is 14.9. The number of aryl methyl sites for hydroxylation is 2. The second kappa shape index (κ2) is 6.20. The van der Waals surface area contributed by atoms with Gasteiger partial charge < -0.3 is 5.32 Å². The Balaban J connectivity index is 1.73. The van der Waals surface area contributed by atoms with Crippen LogP contribution in [0, 0.1) is 6.92 Å². The topological polar surface area (TPSA) is 12.0 Å². The number of rotatable bonds is 5. The highest BCUT2D eigenvalue weighted by molar-refractivity contribution is 5.22. The monoisotopic (exact) mass is 231 g/mol. The molecule has 1 aromatic rings. The van der Waals surface area contributed by atoms with E-state index in [1.807, 2.05) is 0 Å². The van der Waals surface area contributed by atoms with Gasteiger partial charge in [0.2, 0.25) is 0 Å². The molecule has 1 aromatic carbocycles. The van der Waals surface area contributed by atoms with E-state index in [4.69, 9.17) is 0 Å². The van der Waals surface area contributed by atoms with Crippen LogP contribution in [-0.4, -0.2) is 12.1 Å². The molecule has 0 bridgehead atoms. The lowest BCUT2D eigenvalue weighted by Gasteiger charge is -2.19. The van der Waals surface area contributed by atoms with Crippen molar-refractivity contribution in [3.05, 3.63) is 35.4 Å². The Morgan fingerprint density at radius 3 is 2.76 bits per heavy atom. The third-order valence-corrected chi connectivity index (χ3v) is 3.82. The van der Waals surface area contributed by atoms with E-state index in [1.54, 1.807) is 0 Å². The first-order valence-corrected chi connectivity index (χ1v) is 7.05. The molecule has 1 nitrogen and oxygen atoms in total. The molecule has 1 atom stereocenters. The van der Waals surface area contributed by atoms with Gasteiger partial charge in [0.05, 0.1) is 0 Å². The Kier molecular flexibility index (Phi) is 4.61. The SMILES string of the molecule is Cc1cccc(CCC(C)NC2CCCC2)c1. The largest absolute Gasteiger partial charge is 0.311 e. The van der Waals surface area contributed by atoms with Crippen LogP contribution in [0.1, 0.15) is 50.2 Å². The number of hydrogen-bond donors (Lipinski definition) is 1. The predicted molar refractivity (Wildman–Crippen MR) is 74.4 cm³/mol. The molecular formula is C16H25N. The maximum absolute atomic E-state index is 3.76. The molecule has 1 unspecified atom stereocenters. The molecule has 0 spiro atoms. The maximum Gasteiger partial charge on any atom is 0.00695 e. The van der Waals surface area contributed by atoms with Crippen LogP contribution in [0.5, 0.6) is 0 Å². The van der Waals surface area contributed by atoms with Gasteiger partial charge in [-0.2, -0.15) is 0 Å². The number of nitrogens with one attached hydrogen (secondary N) is 1. The van der Waals surface area contributed by atoms with Gasteiger partial charge in [-0.1, -0.05) is 42.7 Å². The van der Waals surface area contributed by atoms with Gasteiger partial charge in [0.25, 0.3) is 0 Å². The second-order valence-electron chi connectivity index (χ2n) is 5.58. The van der Waals surface area contributed by atoms with Gasteiger partial charge >= 0.3 is 0 Å². The summed E-state index contributed by atoms with van der Waals surface area (Å²) in [7, 11) is 0. The van der Waals surface area contributed by atoms with Crippen molar-refractivity contribution >= 4 is 0 Å². The average molecular weight is 231 g/mol. The molecule has 2 rings (SSSR count). The summed E-state index contributed by atoms with van der Waals surface area (Å²) in [6.45, 7) is 4.50. The van der Waals surface area contributed by atoms with Crippen molar-refractivity contribution < 1.29 is 0 Å². The fourth-order valence-corrected chi connectivity index (χ4v) is 2.83. The van der Waals surface area contributed by atoms with Gasteiger partial charge in [0.15, 0.2) is 0 Å². The van der Waals surface area contributed by atoms with Crippen molar-refractivity contribution in [1.29, 1.82) is 0 Å². The van der Waals surface area contributed by atoms with Crippen LogP contribution in [0.15, 0.2) is 24.3 Å². The molecule has 1 N–H and O–H groups in total. The Morgan fingerprint density at radius 2 is 2.06 bits per heavy atom. The molecular weight excluding hydrogens is 206 g/mol. The van der Waals surface area contributed by atoms with Crippen molar-refractivity contribution in [2.24, 2.45) is 0 Å². The van der Waals surface area contributed by atoms with Crippen molar-refractivity contribution in [1.82, 2.24) is 5.32 Å². The summed E-state index contributed by atoms with van der Waals surface area (Å²) in [5.74, 6) is 0. The van der Waals surface area contributed by atoms with Crippen LogP contribution in [-0.2, 0) is 6.42 Å². The second-order valence-corrected chi connectivity index (χ2v) is 5.58. The van der Waals surface area contributed by atoms with E-state index in [9.17, 15) is 0 Å². The zero-order valence-corrected chi connectivity index (χ0v) is 11.2. The summed E-state index contributed by atoms with van der Waals surface area (Å²) < 4.78 is 0. The molecule has 0 aromatic heterocycles. The van der Waals surface area contributed by atoms with Gasteiger partial charge in [-0.3, -0.25) is 0 Å². The molecule has 1 fully saturated rings. The minimum absolute atomic E-state index is 0.651. The molecule has 94 valence electrons. The first kappa shape index (κ1) is 12.6. The lowest BCUT2D eigenvalue weighted by Crippen LogP contribution is -2.34. The number of benzene rings is 1. The predicted octanol–water partition coefficient (Wildman–Crippen LogP) is 3.85. The van der Waals surface area contributed by atoms with E-state index in [0.29, 0.717) is 6.04 Å².